The topological polar surface area (TPSA) is 83.4 Å². The zero-order valence-corrected chi connectivity index (χ0v) is 15.9. The Bertz CT molecular complexity index is 1260. The molecule has 4 rings (SSSR count). The van der Waals surface area contributed by atoms with E-state index in [1.807, 2.05) is 31.2 Å². The summed E-state index contributed by atoms with van der Waals surface area (Å²) in [6.45, 7) is 3.73. The molecular formula is C21H18FN5O2. The first-order chi connectivity index (χ1) is 13.9. The van der Waals surface area contributed by atoms with Crippen molar-refractivity contribution in [3.05, 3.63) is 93.4 Å². The van der Waals surface area contributed by atoms with Crippen molar-refractivity contribution in [3.63, 3.8) is 0 Å². The number of hydrogen-bond acceptors (Lipinski definition) is 4. The molecule has 4 aromatic rings. The molecule has 2 aromatic heterocycles. The first-order valence-corrected chi connectivity index (χ1v) is 9.00. The number of aryl methyl sites for hydroxylation is 2. The number of nitrogens with one attached hydrogen (secondary N) is 1. The van der Waals surface area contributed by atoms with Crippen molar-refractivity contribution in [1.82, 2.24) is 19.6 Å². The predicted octanol–water partition coefficient (Wildman–Crippen LogP) is 3.02. The molecule has 0 radical (unpaired) electrons. The van der Waals surface area contributed by atoms with Crippen molar-refractivity contribution in [2.45, 2.75) is 20.4 Å². The molecule has 1 N–H and O–H groups in total. The minimum Gasteiger partial charge on any atom is -0.301 e. The molecule has 0 atom stereocenters. The molecule has 8 heteroatoms. The van der Waals surface area contributed by atoms with Crippen LogP contribution in [0.3, 0.4) is 0 Å². The third kappa shape index (κ3) is 3.77. The number of halogens is 1. The summed E-state index contributed by atoms with van der Waals surface area (Å²) in [6.07, 6.45) is 0. The van der Waals surface area contributed by atoms with Gasteiger partial charge in [-0.2, -0.15) is 9.50 Å². The third-order valence-corrected chi connectivity index (χ3v) is 4.46. The van der Waals surface area contributed by atoms with Crippen molar-refractivity contribution in [1.29, 1.82) is 0 Å². The second kappa shape index (κ2) is 7.31. The van der Waals surface area contributed by atoms with Crippen LogP contribution in [-0.4, -0.2) is 25.5 Å². The standard InChI is InChI=1S/C21H18FN5O2/c1-13-4-3-5-17(10-13)26(20(29)15-6-8-16(22)9-7-15)12-18-24-21-23-14(2)11-19(28)27(21)25-18/h3-11H,12H2,1-2H3,(H,23,24,25). The number of hydrogen-bond donors (Lipinski definition) is 1. The number of benzene rings is 2. The SMILES string of the molecule is Cc1cccc(N(Cc2nc3nc(C)cc(=O)n3[nH]2)C(=O)c2ccc(F)cc2)c1. The van der Waals surface area contributed by atoms with Crippen LogP contribution in [0.2, 0.25) is 0 Å². The lowest BCUT2D eigenvalue weighted by molar-refractivity contribution is 0.0984. The van der Waals surface area contributed by atoms with E-state index in [1.54, 1.807) is 6.92 Å². The Hall–Kier alpha value is -3.81. The Morgan fingerprint density at radius 1 is 1.10 bits per heavy atom. The van der Waals surface area contributed by atoms with Gasteiger partial charge in [0.25, 0.3) is 17.2 Å². The van der Waals surface area contributed by atoms with Gasteiger partial charge in [0, 0.05) is 23.0 Å². The average Bonchev–Trinajstić information content (AvgIpc) is 3.09. The van der Waals surface area contributed by atoms with Crippen LogP contribution in [0, 0.1) is 19.7 Å². The van der Waals surface area contributed by atoms with Crippen LogP contribution in [0.1, 0.15) is 27.4 Å². The molecule has 2 aromatic carbocycles. The van der Waals surface area contributed by atoms with Crippen LogP contribution in [-0.2, 0) is 6.54 Å². The number of carbonyl (C=O) groups excluding carboxylic acids is 1. The van der Waals surface area contributed by atoms with Crippen LogP contribution in [0.25, 0.3) is 5.78 Å². The Balaban J connectivity index is 1.76. The summed E-state index contributed by atoms with van der Waals surface area (Å²) in [4.78, 5) is 35.4. The maximum atomic E-state index is 13.3. The van der Waals surface area contributed by atoms with Crippen LogP contribution in [0.5, 0.6) is 0 Å². The van der Waals surface area contributed by atoms with Crippen LogP contribution in [0.4, 0.5) is 10.1 Å². The van der Waals surface area contributed by atoms with Crippen LogP contribution < -0.4 is 10.5 Å². The number of aromatic nitrogens is 4. The lowest BCUT2D eigenvalue weighted by Gasteiger charge is -2.22. The molecule has 29 heavy (non-hydrogen) atoms. The zero-order chi connectivity index (χ0) is 20.5. The Labute approximate surface area is 165 Å². The third-order valence-electron chi connectivity index (χ3n) is 4.46. The minimum atomic E-state index is -0.415. The molecular weight excluding hydrogens is 373 g/mol. The minimum absolute atomic E-state index is 0.0848. The smallest absolute Gasteiger partial charge is 0.274 e. The van der Waals surface area contributed by atoms with Crippen molar-refractivity contribution in [3.8, 4) is 0 Å². The quantitative estimate of drug-likeness (QED) is 0.580. The highest BCUT2D eigenvalue weighted by Crippen LogP contribution is 2.21. The number of fused-ring (bicyclic) bond motifs is 1. The van der Waals surface area contributed by atoms with E-state index in [0.717, 1.165) is 5.56 Å². The maximum Gasteiger partial charge on any atom is 0.274 e. The lowest BCUT2D eigenvalue weighted by atomic mass is 10.1. The fraction of sp³-hybridized carbons (Fsp3) is 0.143. The van der Waals surface area contributed by atoms with Crippen LogP contribution >= 0.6 is 0 Å². The first kappa shape index (κ1) is 18.5. The molecule has 0 saturated carbocycles. The highest BCUT2D eigenvalue weighted by molar-refractivity contribution is 6.06. The molecule has 0 bridgehead atoms. The maximum absolute atomic E-state index is 13.3. The Morgan fingerprint density at radius 3 is 2.59 bits per heavy atom. The molecule has 0 fully saturated rings. The van der Waals surface area contributed by atoms with E-state index in [4.69, 9.17) is 0 Å². The molecule has 0 aliphatic carbocycles. The van der Waals surface area contributed by atoms with E-state index in [1.165, 1.54) is 39.7 Å². The summed E-state index contributed by atoms with van der Waals surface area (Å²) >= 11 is 0. The summed E-state index contributed by atoms with van der Waals surface area (Å²) in [5.74, 6) is -0.0881. The number of anilines is 1. The monoisotopic (exact) mass is 391 g/mol. The van der Waals surface area contributed by atoms with Gasteiger partial charge >= 0.3 is 0 Å². The number of rotatable bonds is 4. The van der Waals surface area contributed by atoms with Crippen molar-refractivity contribution in [2.75, 3.05) is 4.90 Å². The van der Waals surface area contributed by atoms with Gasteiger partial charge in [-0.25, -0.2) is 9.37 Å². The van der Waals surface area contributed by atoms with E-state index >= 15 is 0 Å². The van der Waals surface area contributed by atoms with Gasteiger partial charge in [-0.05, 0) is 55.8 Å². The highest BCUT2D eigenvalue weighted by atomic mass is 19.1. The van der Waals surface area contributed by atoms with Crippen molar-refractivity contribution < 1.29 is 9.18 Å². The molecule has 146 valence electrons. The van der Waals surface area contributed by atoms with Gasteiger partial charge in [0.1, 0.15) is 11.6 Å². The summed E-state index contributed by atoms with van der Waals surface area (Å²) in [6, 6.07) is 14.2. The molecule has 1 amide bonds. The number of amides is 1. The number of carbonyl (C=O) groups is 1. The molecule has 7 nitrogen and oxygen atoms in total. The molecule has 2 heterocycles. The number of H-pyrrole nitrogens is 1. The van der Waals surface area contributed by atoms with Gasteiger partial charge in [-0.15, -0.1) is 0 Å². The van der Waals surface area contributed by atoms with E-state index in [9.17, 15) is 14.0 Å². The lowest BCUT2D eigenvalue weighted by Crippen LogP contribution is -2.31. The van der Waals surface area contributed by atoms with Gasteiger partial charge in [0.05, 0.1) is 6.54 Å². The van der Waals surface area contributed by atoms with Gasteiger partial charge in [0.15, 0.2) is 0 Å². The van der Waals surface area contributed by atoms with Crippen molar-refractivity contribution in [2.24, 2.45) is 0 Å². The van der Waals surface area contributed by atoms with E-state index < -0.39 is 5.82 Å². The van der Waals surface area contributed by atoms with Gasteiger partial charge in [-0.3, -0.25) is 14.7 Å². The van der Waals surface area contributed by atoms with Crippen molar-refractivity contribution >= 4 is 17.4 Å². The second-order valence-corrected chi connectivity index (χ2v) is 6.78. The molecule has 0 aliphatic rings. The zero-order valence-electron chi connectivity index (χ0n) is 15.9. The molecule has 0 aliphatic heterocycles. The fourth-order valence-electron chi connectivity index (χ4n) is 3.08. The molecule has 0 unspecified atom stereocenters. The first-order valence-electron chi connectivity index (χ1n) is 9.00. The van der Waals surface area contributed by atoms with Gasteiger partial charge < -0.3 is 4.90 Å². The summed E-state index contributed by atoms with van der Waals surface area (Å²) in [5, 5.41) is 2.90. The largest absolute Gasteiger partial charge is 0.301 e. The van der Waals surface area contributed by atoms with E-state index in [2.05, 4.69) is 15.1 Å². The predicted molar refractivity (Wildman–Crippen MR) is 106 cm³/mol. The molecule has 0 saturated heterocycles. The Kier molecular flexibility index (Phi) is 4.67. The van der Waals surface area contributed by atoms with Crippen LogP contribution in [0.15, 0.2) is 59.4 Å². The van der Waals surface area contributed by atoms with Gasteiger partial charge in [-0.1, -0.05) is 12.1 Å². The Morgan fingerprint density at radius 2 is 1.86 bits per heavy atom. The van der Waals surface area contributed by atoms with E-state index in [-0.39, 0.29) is 23.8 Å². The highest BCUT2D eigenvalue weighted by Gasteiger charge is 2.20. The number of aromatic amines is 1. The fourth-order valence-corrected chi connectivity index (χ4v) is 3.08. The van der Waals surface area contributed by atoms with E-state index in [0.29, 0.717) is 22.8 Å². The average molecular weight is 391 g/mol. The number of nitrogens with zero attached hydrogens (tertiary/aromatic N) is 4. The van der Waals surface area contributed by atoms with Gasteiger partial charge in [0.2, 0.25) is 0 Å². The summed E-state index contributed by atoms with van der Waals surface area (Å²) in [7, 11) is 0. The normalized spacial score (nSPS) is 11.0. The summed E-state index contributed by atoms with van der Waals surface area (Å²) in [5.41, 5.74) is 2.27. The summed E-state index contributed by atoms with van der Waals surface area (Å²) < 4.78 is 14.5. The molecule has 0 spiro atoms. The second-order valence-electron chi connectivity index (χ2n) is 6.78.